The standard InChI is InChI=1S/C21H21ClF2N2O4/c1-14(29-16-6-4-5-15(22)13-16)19(27)25-9-11-26(12-10-25)20(28)17-7-2-3-8-18(17)30-21(23)24/h2-8,13-14,21H,9-12H2,1H3. The largest absolute Gasteiger partial charge is 0.481 e. The predicted octanol–water partition coefficient (Wildman–Crippen LogP) is 3.69. The van der Waals surface area contributed by atoms with E-state index in [-0.39, 0.29) is 30.3 Å². The minimum Gasteiger partial charge on any atom is -0.481 e. The number of ether oxygens (including phenoxy) is 2. The molecule has 0 aliphatic carbocycles. The number of carbonyl (C=O) groups is 2. The zero-order valence-corrected chi connectivity index (χ0v) is 17.0. The van der Waals surface area contributed by atoms with E-state index in [1.165, 1.54) is 23.1 Å². The first-order valence-corrected chi connectivity index (χ1v) is 9.77. The van der Waals surface area contributed by atoms with Crippen LogP contribution in [0.15, 0.2) is 48.5 Å². The molecule has 6 nitrogen and oxygen atoms in total. The summed E-state index contributed by atoms with van der Waals surface area (Å²) in [6, 6.07) is 12.7. The first kappa shape index (κ1) is 21.8. The van der Waals surface area contributed by atoms with Crippen LogP contribution in [-0.4, -0.2) is 60.5 Å². The van der Waals surface area contributed by atoms with E-state index in [0.717, 1.165) is 0 Å². The third-order valence-electron chi connectivity index (χ3n) is 4.67. The maximum Gasteiger partial charge on any atom is 0.387 e. The van der Waals surface area contributed by atoms with Crippen LogP contribution in [0.2, 0.25) is 5.02 Å². The summed E-state index contributed by atoms with van der Waals surface area (Å²) in [6.07, 6.45) is -0.717. The molecule has 2 amide bonds. The maximum absolute atomic E-state index is 12.7. The topological polar surface area (TPSA) is 59.1 Å². The summed E-state index contributed by atoms with van der Waals surface area (Å²) in [4.78, 5) is 28.5. The Labute approximate surface area is 177 Å². The van der Waals surface area contributed by atoms with E-state index in [0.29, 0.717) is 23.9 Å². The molecule has 0 saturated carbocycles. The fourth-order valence-electron chi connectivity index (χ4n) is 3.19. The Kier molecular flexibility index (Phi) is 7.10. The van der Waals surface area contributed by atoms with E-state index in [1.54, 1.807) is 42.2 Å². The van der Waals surface area contributed by atoms with E-state index < -0.39 is 18.6 Å². The van der Waals surface area contributed by atoms with Crippen molar-refractivity contribution in [2.45, 2.75) is 19.6 Å². The summed E-state index contributed by atoms with van der Waals surface area (Å²) < 4.78 is 35.3. The van der Waals surface area contributed by atoms with Crippen LogP contribution in [0.25, 0.3) is 0 Å². The van der Waals surface area contributed by atoms with Gasteiger partial charge in [0.2, 0.25) is 0 Å². The number of piperazine rings is 1. The first-order valence-electron chi connectivity index (χ1n) is 9.39. The Balaban J connectivity index is 1.58. The van der Waals surface area contributed by atoms with Crippen LogP contribution in [0.5, 0.6) is 11.5 Å². The molecule has 0 spiro atoms. The van der Waals surface area contributed by atoms with Crippen LogP contribution in [0, 0.1) is 0 Å². The SMILES string of the molecule is CC(Oc1cccc(Cl)c1)C(=O)N1CCN(C(=O)c2ccccc2OC(F)F)CC1. The summed E-state index contributed by atoms with van der Waals surface area (Å²) in [5, 5.41) is 0.510. The van der Waals surface area contributed by atoms with Gasteiger partial charge in [-0.1, -0.05) is 29.8 Å². The van der Waals surface area contributed by atoms with Gasteiger partial charge in [0.1, 0.15) is 11.5 Å². The lowest BCUT2D eigenvalue weighted by Crippen LogP contribution is -2.53. The Morgan fingerprint density at radius 2 is 1.63 bits per heavy atom. The first-order chi connectivity index (χ1) is 14.3. The van der Waals surface area contributed by atoms with Crippen LogP contribution >= 0.6 is 11.6 Å². The average Bonchev–Trinajstić information content (AvgIpc) is 2.73. The molecule has 30 heavy (non-hydrogen) atoms. The average molecular weight is 439 g/mol. The van der Waals surface area contributed by atoms with Gasteiger partial charge < -0.3 is 19.3 Å². The normalized spacial score (nSPS) is 15.1. The number of amides is 2. The highest BCUT2D eigenvalue weighted by atomic mass is 35.5. The molecule has 3 rings (SSSR count). The summed E-state index contributed by atoms with van der Waals surface area (Å²) >= 11 is 5.93. The van der Waals surface area contributed by atoms with Crippen molar-refractivity contribution < 1.29 is 27.8 Å². The lowest BCUT2D eigenvalue weighted by atomic mass is 10.1. The van der Waals surface area contributed by atoms with Crippen molar-refractivity contribution in [3.05, 3.63) is 59.1 Å². The molecule has 1 aliphatic rings. The smallest absolute Gasteiger partial charge is 0.387 e. The summed E-state index contributed by atoms with van der Waals surface area (Å²) in [5.74, 6) is -0.294. The summed E-state index contributed by atoms with van der Waals surface area (Å²) in [5.41, 5.74) is 0.0650. The number of benzene rings is 2. The molecular formula is C21H21ClF2N2O4. The van der Waals surface area contributed by atoms with Crippen molar-refractivity contribution in [3.8, 4) is 11.5 Å². The number of carbonyl (C=O) groups excluding carboxylic acids is 2. The van der Waals surface area contributed by atoms with E-state index in [9.17, 15) is 18.4 Å². The van der Waals surface area contributed by atoms with Crippen molar-refractivity contribution >= 4 is 23.4 Å². The van der Waals surface area contributed by atoms with Gasteiger partial charge in [0, 0.05) is 31.2 Å². The molecule has 1 atom stereocenters. The Morgan fingerprint density at radius 3 is 2.30 bits per heavy atom. The molecule has 0 radical (unpaired) electrons. The van der Waals surface area contributed by atoms with Crippen molar-refractivity contribution in [3.63, 3.8) is 0 Å². The van der Waals surface area contributed by atoms with E-state index in [2.05, 4.69) is 4.74 Å². The molecule has 2 aromatic rings. The number of para-hydroxylation sites is 1. The van der Waals surface area contributed by atoms with E-state index in [4.69, 9.17) is 16.3 Å². The number of alkyl halides is 2. The minimum absolute atomic E-state index is 0.0650. The van der Waals surface area contributed by atoms with Gasteiger partial charge in [-0.25, -0.2) is 0 Å². The fourth-order valence-corrected chi connectivity index (χ4v) is 3.37. The Hall–Kier alpha value is -2.87. The lowest BCUT2D eigenvalue weighted by Gasteiger charge is -2.36. The molecule has 0 bridgehead atoms. The Bertz CT molecular complexity index is 904. The molecule has 1 saturated heterocycles. The van der Waals surface area contributed by atoms with Gasteiger partial charge in [-0.3, -0.25) is 9.59 Å². The minimum atomic E-state index is -3.02. The van der Waals surface area contributed by atoms with Crippen LogP contribution in [0.1, 0.15) is 17.3 Å². The zero-order valence-electron chi connectivity index (χ0n) is 16.3. The van der Waals surface area contributed by atoms with E-state index >= 15 is 0 Å². The number of hydrogen-bond acceptors (Lipinski definition) is 4. The fraction of sp³-hybridized carbons (Fsp3) is 0.333. The molecule has 0 N–H and O–H groups in total. The van der Waals surface area contributed by atoms with Crippen LogP contribution in [-0.2, 0) is 4.79 Å². The van der Waals surface area contributed by atoms with Crippen molar-refractivity contribution in [1.82, 2.24) is 9.80 Å². The van der Waals surface area contributed by atoms with Crippen LogP contribution < -0.4 is 9.47 Å². The molecule has 1 aliphatic heterocycles. The monoisotopic (exact) mass is 438 g/mol. The third kappa shape index (κ3) is 5.38. The van der Waals surface area contributed by atoms with Crippen molar-refractivity contribution in [2.75, 3.05) is 26.2 Å². The highest BCUT2D eigenvalue weighted by molar-refractivity contribution is 6.30. The van der Waals surface area contributed by atoms with E-state index in [1.807, 2.05) is 0 Å². The van der Waals surface area contributed by atoms with Gasteiger partial charge in [0.15, 0.2) is 6.10 Å². The third-order valence-corrected chi connectivity index (χ3v) is 4.90. The van der Waals surface area contributed by atoms with Gasteiger partial charge in [0.05, 0.1) is 5.56 Å². The second kappa shape index (κ2) is 9.75. The zero-order chi connectivity index (χ0) is 21.7. The molecule has 0 aromatic heterocycles. The molecule has 2 aromatic carbocycles. The number of halogens is 3. The second-order valence-electron chi connectivity index (χ2n) is 6.71. The second-order valence-corrected chi connectivity index (χ2v) is 7.15. The lowest BCUT2D eigenvalue weighted by molar-refractivity contribution is -0.139. The number of hydrogen-bond donors (Lipinski definition) is 0. The van der Waals surface area contributed by atoms with Gasteiger partial charge in [-0.2, -0.15) is 8.78 Å². The Morgan fingerprint density at radius 1 is 0.967 bits per heavy atom. The molecular weight excluding hydrogens is 418 g/mol. The molecule has 1 unspecified atom stereocenters. The quantitative estimate of drug-likeness (QED) is 0.690. The van der Waals surface area contributed by atoms with Gasteiger partial charge >= 0.3 is 6.61 Å². The van der Waals surface area contributed by atoms with Crippen LogP contribution in [0.3, 0.4) is 0 Å². The number of rotatable bonds is 6. The summed E-state index contributed by atoms with van der Waals surface area (Å²) in [7, 11) is 0. The van der Waals surface area contributed by atoms with Crippen LogP contribution in [0.4, 0.5) is 8.78 Å². The number of nitrogens with zero attached hydrogens (tertiary/aromatic N) is 2. The highest BCUT2D eigenvalue weighted by Gasteiger charge is 2.29. The van der Waals surface area contributed by atoms with Crippen molar-refractivity contribution in [2.24, 2.45) is 0 Å². The molecule has 9 heteroatoms. The predicted molar refractivity (Wildman–Crippen MR) is 107 cm³/mol. The molecule has 160 valence electrons. The molecule has 1 heterocycles. The highest BCUT2D eigenvalue weighted by Crippen LogP contribution is 2.23. The summed E-state index contributed by atoms with van der Waals surface area (Å²) in [6.45, 7) is -0.195. The van der Waals surface area contributed by atoms with Crippen molar-refractivity contribution in [1.29, 1.82) is 0 Å². The maximum atomic E-state index is 12.7. The molecule has 1 fully saturated rings. The van der Waals surface area contributed by atoms with Gasteiger partial charge in [-0.05, 0) is 37.3 Å². The van der Waals surface area contributed by atoms with Gasteiger partial charge in [0.25, 0.3) is 11.8 Å². The van der Waals surface area contributed by atoms with Gasteiger partial charge in [-0.15, -0.1) is 0 Å².